The lowest BCUT2D eigenvalue weighted by atomic mass is 9.95. The molecule has 28 heavy (non-hydrogen) atoms. The molecule has 4 rings (SSSR count). The Bertz CT molecular complexity index is 942. The number of thiophene rings is 1. The van der Waals surface area contributed by atoms with Crippen LogP contribution in [0.4, 0.5) is 0 Å². The number of hydrogen-bond donors (Lipinski definition) is 1. The Morgan fingerprint density at radius 1 is 1.39 bits per heavy atom. The standard InChI is InChI=1S/C19H24N4O3S2/c1-3-14-20-19-23(21-14)17(24)16(28-19)15(13-6-5-11-27-13)22-9-7-12(8-10-22)18(25)26-4-2/h5-6,11-12,15,24H,3-4,7-10H2,1-2H3/t15-/m0/s1. The molecule has 0 saturated carbocycles. The summed E-state index contributed by atoms with van der Waals surface area (Å²) < 4.78 is 6.74. The molecule has 0 bridgehead atoms. The van der Waals surface area contributed by atoms with Crippen molar-refractivity contribution in [1.29, 1.82) is 0 Å². The second kappa shape index (κ2) is 8.18. The summed E-state index contributed by atoms with van der Waals surface area (Å²) >= 11 is 3.16. The highest BCUT2D eigenvalue weighted by Crippen LogP contribution is 2.42. The number of ether oxygens (including phenoxy) is 1. The molecule has 3 aromatic heterocycles. The molecule has 1 N–H and O–H groups in total. The number of piperidine rings is 1. The van der Waals surface area contributed by atoms with Crippen molar-refractivity contribution < 1.29 is 14.6 Å². The van der Waals surface area contributed by atoms with E-state index in [-0.39, 0.29) is 23.8 Å². The van der Waals surface area contributed by atoms with Gasteiger partial charge in [-0.3, -0.25) is 9.69 Å². The van der Waals surface area contributed by atoms with Gasteiger partial charge in [-0.15, -0.1) is 16.4 Å². The molecule has 9 heteroatoms. The molecule has 0 unspecified atom stereocenters. The number of thiazole rings is 1. The summed E-state index contributed by atoms with van der Waals surface area (Å²) in [7, 11) is 0. The minimum atomic E-state index is -0.0939. The summed E-state index contributed by atoms with van der Waals surface area (Å²) in [5.41, 5.74) is 0. The van der Waals surface area contributed by atoms with Gasteiger partial charge in [0.25, 0.3) is 0 Å². The number of rotatable bonds is 6. The zero-order chi connectivity index (χ0) is 19.7. The molecule has 1 fully saturated rings. The van der Waals surface area contributed by atoms with Crippen molar-refractivity contribution in [2.45, 2.75) is 39.2 Å². The third kappa shape index (κ3) is 3.54. The number of carbonyl (C=O) groups excluding carboxylic acids is 1. The van der Waals surface area contributed by atoms with Gasteiger partial charge >= 0.3 is 5.97 Å². The van der Waals surface area contributed by atoms with Gasteiger partial charge in [0.1, 0.15) is 0 Å². The molecule has 0 radical (unpaired) electrons. The van der Waals surface area contributed by atoms with Gasteiger partial charge in [0.15, 0.2) is 5.82 Å². The molecule has 0 aromatic carbocycles. The van der Waals surface area contributed by atoms with Gasteiger partial charge in [-0.1, -0.05) is 24.3 Å². The molecule has 4 heterocycles. The van der Waals surface area contributed by atoms with E-state index < -0.39 is 0 Å². The van der Waals surface area contributed by atoms with Gasteiger partial charge in [0.05, 0.1) is 23.4 Å². The normalized spacial score (nSPS) is 17.2. The Morgan fingerprint density at radius 3 is 2.79 bits per heavy atom. The molecule has 0 amide bonds. The van der Waals surface area contributed by atoms with Crippen LogP contribution in [0.15, 0.2) is 17.5 Å². The zero-order valence-corrected chi connectivity index (χ0v) is 17.6. The van der Waals surface area contributed by atoms with E-state index in [0.29, 0.717) is 11.6 Å². The Kier molecular flexibility index (Phi) is 5.65. The smallest absolute Gasteiger partial charge is 0.309 e. The largest absolute Gasteiger partial charge is 0.492 e. The third-order valence-electron chi connectivity index (χ3n) is 5.14. The maximum absolute atomic E-state index is 12.1. The second-order valence-corrected chi connectivity index (χ2v) is 8.83. The molecule has 150 valence electrons. The Hall–Kier alpha value is -1.97. The van der Waals surface area contributed by atoms with E-state index in [1.807, 2.05) is 19.9 Å². The second-order valence-electron chi connectivity index (χ2n) is 6.85. The maximum atomic E-state index is 12.1. The van der Waals surface area contributed by atoms with E-state index >= 15 is 0 Å². The van der Waals surface area contributed by atoms with Crippen LogP contribution in [0.25, 0.3) is 4.96 Å². The van der Waals surface area contributed by atoms with Gasteiger partial charge in [0, 0.05) is 11.3 Å². The summed E-state index contributed by atoms with van der Waals surface area (Å²) in [6.07, 6.45) is 2.27. The Morgan fingerprint density at radius 2 is 2.18 bits per heavy atom. The molecule has 7 nitrogen and oxygen atoms in total. The number of carbonyl (C=O) groups is 1. The van der Waals surface area contributed by atoms with Gasteiger partial charge in [-0.05, 0) is 44.3 Å². The highest BCUT2D eigenvalue weighted by molar-refractivity contribution is 7.17. The van der Waals surface area contributed by atoms with E-state index in [2.05, 4.69) is 26.4 Å². The molecular formula is C19H24N4O3S2. The van der Waals surface area contributed by atoms with Crippen LogP contribution in [0.2, 0.25) is 0 Å². The fourth-order valence-corrected chi connectivity index (χ4v) is 5.76. The van der Waals surface area contributed by atoms with Crippen molar-refractivity contribution in [1.82, 2.24) is 19.5 Å². The topological polar surface area (TPSA) is 80.0 Å². The molecule has 1 atom stereocenters. The maximum Gasteiger partial charge on any atom is 0.309 e. The van der Waals surface area contributed by atoms with Crippen LogP contribution in [0.1, 0.15) is 48.3 Å². The van der Waals surface area contributed by atoms with Crippen LogP contribution in [-0.2, 0) is 16.0 Å². The summed E-state index contributed by atoms with van der Waals surface area (Å²) in [5.74, 6) is 0.765. The van der Waals surface area contributed by atoms with Crippen LogP contribution in [0, 0.1) is 5.92 Å². The first-order valence-corrected chi connectivity index (χ1v) is 11.3. The molecule has 1 saturated heterocycles. The summed E-state index contributed by atoms with van der Waals surface area (Å²) in [6.45, 7) is 5.82. The van der Waals surface area contributed by atoms with Crippen molar-refractivity contribution in [3.63, 3.8) is 0 Å². The molecule has 0 spiro atoms. The first-order valence-electron chi connectivity index (χ1n) is 9.63. The van der Waals surface area contributed by atoms with Gasteiger partial charge < -0.3 is 9.84 Å². The first-order chi connectivity index (χ1) is 13.6. The number of likely N-dealkylation sites (tertiary alicyclic amines) is 1. The minimum Gasteiger partial charge on any atom is -0.492 e. The number of hydrogen-bond acceptors (Lipinski definition) is 8. The van der Waals surface area contributed by atoms with E-state index in [4.69, 9.17) is 4.74 Å². The van der Waals surface area contributed by atoms with Crippen LogP contribution >= 0.6 is 22.7 Å². The SMILES string of the molecule is CCOC(=O)C1CCN([C@@H](c2cccs2)c2sc3nc(CC)nn3c2O)CC1. The van der Waals surface area contributed by atoms with Crippen molar-refractivity contribution in [3.8, 4) is 5.88 Å². The van der Waals surface area contributed by atoms with E-state index in [0.717, 1.165) is 43.1 Å². The minimum absolute atomic E-state index is 0.0387. The third-order valence-corrected chi connectivity index (χ3v) is 7.13. The number of aromatic hydroxyl groups is 1. The number of aromatic nitrogens is 3. The van der Waals surface area contributed by atoms with Crippen LogP contribution in [0.5, 0.6) is 5.88 Å². The van der Waals surface area contributed by atoms with Crippen molar-refractivity contribution >= 4 is 33.6 Å². The average molecular weight is 421 g/mol. The van der Waals surface area contributed by atoms with Gasteiger partial charge in [-0.2, -0.15) is 4.52 Å². The molecule has 3 aromatic rings. The highest BCUT2D eigenvalue weighted by atomic mass is 32.1. The Labute approximate surface area is 171 Å². The summed E-state index contributed by atoms with van der Waals surface area (Å²) in [6, 6.07) is 4.07. The van der Waals surface area contributed by atoms with Crippen LogP contribution in [0.3, 0.4) is 0 Å². The summed E-state index contributed by atoms with van der Waals surface area (Å²) in [5, 5.41) is 17.3. The van der Waals surface area contributed by atoms with E-state index in [9.17, 15) is 9.90 Å². The lowest BCUT2D eigenvalue weighted by molar-refractivity contribution is -0.149. The molecule has 0 aliphatic carbocycles. The van der Waals surface area contributed by atoms with Gasteiger partial charge in [0.2, 0.25) is 10.8 Å². The first kappa shape index (κ1) is 19.4. The average Bonchev–Trinajstić information content (AvgIpc) is 3.42. The molecular weight excluding hydrogens is 396 g/mol. The predicted octanol–water partition coefficient (Wildman–Crippen LogP) is 3.48. The Balaban J connectivity index is 1.62. The number of nitrogens with zero attached hydrogens (tertiary/aromatic N) is 4. The number of aryl methyl sites for hydroxylation is 1. The van der Waals surface area contributed by atoms with Gasteiger partial charge in [-0.25, -0.2) is 4.98 Å². The number of esters is 1. The molecule has 1 aliphatic rings. The predicted molar refractivity (Wildman–Crippen MR) is 109 cm³/mol. The lowest BCUT2D eigenvalue weighted by Crippen LogP contribution is -2.39. The van der Waals surface area contributed by atoms with Crippen molar-refractivity contribution in [2.24, 2.45) is 5.92 Å². The highest BCUT2D eigenvalue weighted by Gasteiger charge is 2.34. The fraction of sp³-hybridized carbons (Fsp3) is 0.526. The van der Waals surface area contributed by atoms with E-state index in [1.165, 1.54) is 16.2 Å². The zero-order valence-electron chi connectivity index (χ0n) is 16.0. The van der Waals surface area contributed by atoms with Crippen LogP contribution < -0.4 is 0 Å². The van der Waals surface area contributed by atoms with Crippen LogP contribution in [-0.4, -0.2) is 50.3 Å². The number of fused-ring (bicyclic) bond motifs is 1. The summed E-state index contributed by atoms with van der Waals surface area (Å²) in [4.78, 5) is 21.7. The van der Waals surface area contributed by atoms with Crippen molar-refractivity contribution in [3.05, 3.63) is 33.1 Å². The fourth-order valence-electron chi connectivity index (χ4n) is 3.69. The monoisotopic (exact) mass is 420 g/mol. The lowest BCUT2D eigenvalue weighted by Gasteiger charge is -2.36. The quantitative estimate of drug-likeness (QED) is 0.615. The van der Waals surface area contributed by atoms with Crippen molar-refractivity contribution in [2.75, 3.05) is 19.7 Å². The van der Waals surface area contributed by atoms with E-state index in [1.54, 1.807) is 15.9 Å². The molecule has 1 aliphatic heterocycles.